The Morgan fingerprint density at radius 2 is 2.00 bits per heavy atom. The van der Waals surface area contributed by atoms with E-state index in [9.17, 15) is 5.11 Å². The first-order valence-electron chi connectivity index (χ1n) is 6.21. The molecule has 0 saturated carbocycles. The van der Waals surface area contributed by atoms with Gasteiger partial charge in [-0.25, -0.2) is 0 Å². The van der Waals surface area contributed by atoms with Crippen LogP contribution < -0.4 is 10.1 Å². The minimum atomic E-state index is -0.0840. The Hall–Kier alpha value is -1.22. The van der Waals surface area contributed by atoms with Gasteiger partial charge >= 0.3 is 0 Å². The Kier molecular flexibility index (Phi) is 5.29. The summed E-state index contributed by atoms with van der Waals surface area (Å²) >= 11 is 0. The predicted molar refractivity (Wildman–Crippen MR) is 71.6 cm³/mol. The van der Waals surface area contributed by atoms with Crippen LogP contribution >= 0.6 is 0 Å². The molecule has 0 radical (unpaired) electrons. The maximum Gasteiger partial charge on any atom is 0.142 e. The highest BCUT2D eigenvalue weighted by Gasteiger charge is 2.20. The molecule has 0 amide bonds. The van der Waals surface area contributed by atoms with E-state index in [1.54, 1.807) is 0 Å². The number of aliphatic hydroxyl groups excluding tert-OH is 1. The Bertz CT molecular complexity index is 335. The fourth-order valence-corrected chi connectivity index (χ4v) is 1.50. The summed E-state index contributed by atoms with van der Waals surface area (Å²) in [4.78, 5) is 0. The molecule has 96 valence electrons. The van der Waals surface area contributed by atoms with E-state index in [4.69, 9.17) is 4.74 Å². The standard InChI is InChI=1S/C14H23NO2/c1-4-14(3,11-16)10-15-12-8-6-7-9-13(12)17-5-2/h6-9,15-16H,4-5,10-11H2,1-3H3. The Balaban J connectivity index is 2.68. The van der Waals surface area contributed by atoms with Crippen molar-refractivity contribution in [1.82, 2.24) is 0 Å². The van der Waals surface area contributed by atoms with Crippen LogP contribution in [0.15, 0.2) is 24.3 Å². The number of rotatable bonds is 7. The average Bonchev–Trinajstić information content (AvgIpc) is 2.38. The fourth-order valence-electron chi connectivity index (χ4n) is 1.50. The van der Waals surface area contributed by atoms with E-state index in [0.717, 1.165) is 24.4 Å². The molecular weight excluding hydrogens is 214 g/mol. The van der Waals surface area contributed by atoms with E-state index in [2.05, 4.69) is 19.2 Å². The highest BCUT2D eigenvalue weighted by atomic mass is 16.5. The van der Waals surface area contributed by atoms with Crippen LogP contribution in [0.4, 0.5) is 5.69 Å². The predicted octanol–water partition coefficient (Wildman–Crippen LogP) is 2.91. The summed E-state index contributed by atoms with van der Waals surface area (Å²) in [5.41, 5.74) is 0.904. The van der Waals surface area contributed by atoms with Gasteiger partial charge in [0.05, 0.1) is 18.9 Å². The van der Waals surface area contributed by atoms with Crippen LogP contribution in [0.2, 0.25) is 0 Å². The Labute approximate surface area is 104 Å². The molecular formula is C14H23NO2. The first kappa shape index (κ1) is 13.8. The summed E-state index contributed by atoms with van der Waals surface area (Å²) in [7, 11) is 0. The molecule has 0 aliphatic carbocycles. The quantitative estimate of drug-likeness (QED) is 0.766. The summed E-state index contributed by atoms with van der Waals surface area (Å²) in [5.74, 6) is 0.867. The van der Waals surface area contributed by atoms with Gasteiger partial charge in [0, 0.05) is 12.0 Å². The van der Waals surface area contributed by atoms with Crippen molar-refractivity contribution < 1.29 is 9.84 Å². The number of ether oxygens (including phenoxy) is 1. The fraction of sp³-hybridized carbons (Fsp3) is 0.571. The molecule has 2 N–H and O–H groups in total. The van der Waals surface area contributed by atoms with Gasteiger partial charge in [-0.15, -0.1) is 0 Å². The number of benzene rings is 1. The largest absolute Gasteiger partial charge is 0.492 e. The first-order chi connectivity index (χ1) is 8.15. The number of para-hydroxylation sites is 2. The minimum absolute atomic E-state index is 0.0840. The van der Waals surface area contributed by atoms with Gasteiger partial charge in [0.15, 0.2) is 0 Å². The van der Waals surface area contributed by atoms with E-state index in [0.29, 0.717) is 6.61 Å². The van der Waals surface area contributed by atoms with Crippen molar-refractivity contribution in [2.75, 3.05) is 25.1 Å². The number of nitrogens with one attached hydrogen (secondary N) is 1. The summed E-state index contributed by atoms with van der Waals surface area (Å²) in [6.45, 7) is 7.72. The Morgan fingerprint density at radius 3 is 2.59 bits per heavy atom. The number of aliphatic hydroxyl groups is 1. The second-order valence-electron chi connectivity index (χ2n) is 4.61. The van der Waals surface area contributed by atoms with Crippen LogP contribution in [-0.4, -0.2) is 24.9 Å². The van der Waals surface area contributed by atoms with Gasteiger partial charge in [-0.1, -0.05) is 26.0 Å². The van der Waals surface area contributed by atoms with Crippen molar-refractivity contribution >= 4 is 5.69 Å². The van der Waals surface area contributed by atoms with Crippen molar-refractivity contribution in [3.63, 3.8) is 0 Å². The monoisotopic (exact) mass is 237 g/mol. The smallest absolute Gasteiger partial charge is 0.142 e. The third kappa shape index (κ3) is 3.93. The lowest BCUT2D eigenvalue weighted by molar-refractivity contribution is 0.149. The molecule has 1 unspecified atom stereocenters. The van der Waals surface area contributed by atoms with Gasteiger partial charge in [0.25, 0.3) is 0 Å². The lowest BCUT2D eigenvalue weighted by atomic mass is 9.88. The van der Waals surface area contributed by atoms with Gasteiger partial charge in [0.2, 0.25) is 0 Å². The molecule has 1 atom stereocenters. The zero-order valence-electron chi connectivity index (χ0n) is 11.0. The number of hydrogen-bond donors (Lipinski definition) is 2. The second-order valence-corrected chi connectivity index (χ2v) is 4.61. The number of hydrogen-bond acceptors (Lipinski definition) is 3. The molecule has 3 heteroatoms. The highest BCUT2D eigenvalue weighted by Crippen LogP contribution is 2.26. The summed E-state index contributed by atoms with van der Waals surface area (Å²) in [6, 6.07) is 7.89. The maximum absolute atomic E-state index is 9.36. The normalized spacial score (nSPS) is 14.1. The van der Waals surface area contributed by atoms with Crippen LogP contribution in [0.3, 0.4) is 0 Å². The van der Waals surface area contributed by atoms with Gasteiger partial charge in [-0.3, -0.25) is 0 Å². The molecule has 0 aromatic heterocycles. The lowest BCUT2D eigenvalue weighted by Gasteiger charge is -2.26. The van der Waals surface area contributed by atoms with Crippen LogP contribution in [0.5, 0.6) is 5.75 Å². The Morgan fingerprint density at radius 1 is 1.29 bits per heavy atom. The van der Waals surface area contributed by atoms with Crippen LogP contribution in [-0.2, 0) is 0 Å². The third-order valence-electron chi connectivity index (χ3n) is 3.13. The van der Waals surface area contributed by atoms with E-state index in [1.165, 1.54) is 0 Å². The van der Waals surface area contributed by atoms with E-state index >= 15 is 0 Å². The number of anilines is 1. The molecule has 0 fully saturated rings. The SMILES string of the molecule is CCOc1ccccc1NCC(C)(CC)CO. The first-order valence-corrected chi connectivity index (χ1v) is 6.21. The van der Waals surface area contributed by atoms with E-state index in [1.807, 2.05) is 31.2 Å². The molecule has 0 spiro atoms. The van der Waals surface area contributed by atoms with Gasteiger partial charge < -0.3 is 15.2 Å². The van der Waals surface area contributed by atoms with Crippen LogP contribution in [0.25, 0.3) is 0 Å². The minimum Gasteiger partial charge on any atom is -0.492 e. The van der Waals surface area contributed by atoms with Crippen LogP contribution in [0, 0.1) is 5.41 Å². The van der Waals surface area contributed by atoms with Crippen molar-refractivity contribution in [2.24, 2.45) is 5.41 Å². The zero-order chi connectivity index (χ0) is 12.7. The topological polar surface area (TPSA) is 41.5 Å². The maximum atomic E-state index is 9.36. The van der Waals surface area contributed by atoms with E-state index < -0.39 is 0 Å². The molecule has 0 saturated heterocycles. The lowest BCUT2D eigenvalue weighted by Crippen LogP contribution is -2.29. The summed E-state index contributed by atoms with van der Waals surface area (Å²) < 4.78 is 5.54. The molecule has 0 heterocycles. The van der Waals surface area contributed by atoms with Crippen LogP contribution in [0.1, 0.15) is 27.2 Å². The molecule has 0 aliphatic rings. The molecule has 0 bridgehead atoms. The van der Waals surface area contributed by atoms with Crippen molar-refractivity contribution in [1.29, 1.82) is 0 Å². The molecule has 1 rings (SSSR count). The van der Waals surface area contributed by atoms with Crippen molar-refractivity contribution in [2.45, 2.75) is 27.2 Å². The van der Waals surface area contributed by atoms with Crippen molar-refractivity contribution in [3.8, 4) is 5.75 Å². The molecule has 3 nitrogen and oxygen atoms in total. The van der Waals surface area contributed by atoms with Crippen molar-refractivity contribution in [3.05, 3.63) is 24.3 Å². The van der Waals surface area contributed by atoms with Gasteiger partial charge in [0.1, 0.15) is 5.75 Å². The van der Waals surface area contributed by atoms with E-state index in [-0.39, 0.29) is 12.0 Å². The molecule has 1 aromatic carbocycles. The third-order valence-corrected chi connectivity index (χ3v) is 3.13. The summed E-state index contributed by atoms with van der Waals surface area (Å²) in [6.07, 6.45) is 0.938. The molecule has 17 heavy (non-hydrogen) atoms. The second kappa shape index (κ2) is 6.50. The zero-order valence-corrected chi connectivity index (χ0v) is 11.0. The summed E-state index contributed by atoms with van der Waals surface area (Å²) in [5, 5.41) is 12.7. The molecule has 1 aromatic rings. The average molecular weight is 237 g/mol. The molecule has 0 aliphatic heterocycles. The van der Waals surface area contributed by atoms with Gasteiger partial charge in [-0.2, -0.15) is 0 Å². The van der Waals surface area contributed by atoms with Gasteiger partial charge in [-0.05, 0) is 25.5 Å². The highest BCUT2D eigenvalue weighted by molar-refractivity contribution is 5.56.